The van der Waals surface area contributed by atoms with Gasteiger partial charge in [0.15, 0.2) is 6.29 Å². The number of benzene rings is 1. The summed E-state index contributed by atoms with van der Waals surface area (Å²) in [6.45, 7) is 3.59. The molecule has 0 aromatic heterocycles. The van der Waals surface area contributed by atoms with E-state index in [-0.39, 0.29) is 41.8 Å². The van der Waals surface area contributed by atoms with Crippen LogP contribution in [-0.4, -0.2) is 97.0 Å². The Morgan fingerprint density at radius 2 is 1.77 bits per heavy atom. The van der Waals surface area contributed by atoms with E-state index in [2.05, 4.69) is 22.6 Å². The molecule has 1 atom stereocenters. The van der Waals surface area contributed by atoms with E-state index in [0.29, 0.717) is 18.6 Å². The third kappa shape index (κ3) is 7.68. The molecule has 4 rings (SSSR count). The van der Waals surface area contributed by atoms with Crippen LogP contribution >= 0.6 is 0 Å². The molecule has 40 heavy (non-hydrogen) atoms. The highest BCUT2D eigenvalue weighted by Gasteiger charge is 2.33. The molecule has 0 spiro atoms. The van der Waals surface area contributed by atoms with Crippen molar-refractivity contribution in [3.63, 3.8) is 0 Å². The number of piperidine rings is 2. The molecule has 1 aromatic rings. The molecule has 2 N–H and O–H groups in total. The van der Waals surface area contributed by atoms with Crippen LogP contribution in [0.2, 0.25) is 0 Å². The number of hydrogen-bond acceptors (Lipinski definition) is 7. The van der Waals surface area contributed by atoms with Crippen LogP contribution in [0.4, 0.5) is 5.69 Å². The Balaban J connectivity index is 1.26. The van der Waals surface area contributed by atoms with Gasteiger partial charge in [0.25, 0.3) is 5.91 Å². The molecule has 1 saturated carbocycles. The normalized spacial score (nSPS) is 23.5. The number of nitrogens with one attached hydrogen (secondary N) is 2. The number of likely N-dealkylation sites (N-methyl/N-ethyl adjacent to an activating group) is 1. The second kappa shape index (κ2) is 13.9. The molecule has 2 saturated heterocycles. The highest BCUT2D eigenvalue weighted by atomic mass is 16.2. The number of hydrogen-bond donors (Lipinski definition) is 2. The van der Waals surface area contributed by atoms with Gasteiger partial charge in [-0.25, -0.2) is 0 Å². The lowest BCUT2D eigenvalue weighted by Gasteiger charge is -2.33. The molecular weight excluding hydrogens is 510 g/mol. The Hall–Kier alpha value is -3.27. The zero-order valence-electron chi connectivity index (χ0n) is 23.8. The summed E-state index contributed by atoms with van der Waals surface area (Å²) in [6.07, 6.45) is 9.30. The minimum Gasteiger partial charge on any atom is -0.382 e. The quantitative estimate of drug-likeness (QED) is 0.338. The molecule has 1 aromatic carbocycles. The number of rotatable bonds is 10. The first kappa shape index (κ1) is 29.7. The number of carbonyl (C=O) groups is 5. The maximum Gasteiger partial charge on any atom is 0.255 e. The number of likely N-dealkylation sites (tertiary alicyclic amines) is 1. The van der Waals surface area contributed by atoms with E-state index >= 15 is 0 Å². The third-order valence-electron chi connectivity index (χ3n) is 8.61. The number of anilines is 1. The minimum atomic E-state index is -0.752. The number of imide groups is 1. The molecule has 2 aliphatic heterocycles. The van der Waals surface area contributed by atoms with Gasteiger partial charge in [0.2, 0.25) is 17.7 Å². The van der Waals surface area contributed by atoms with E-state index in [1.807, 2.05) is 11.0 Å². The number of amides is 4. The van der Waals surface area contributed by atoms with Gasteiger partial charge in [-0.2, -0.15) is 0 Å². The molecule has 0 bridgehead atoms. The number of aldehydes is 1. The molecule has 0 radical (unpaired) electrons. The van der Waals surface area contributed by atoms with E-state index in [4.69, 9.17) is 0 Å². The van der Waals surface area contributed by atoms with Crippen molar-refractivity contribution < 1.29 is 24.0 Å². The van der Waals surface area contributed by atoms with Gasteiger partial charge in [-0.3, -0.25) is 29.3 Å². The second-order valence-electron chi connectivity index (χ2n) is 11.6. The maximum atomic E-state index is 13.3. The smallest absolute Gasteiger partial charge is 0.255 e. The summed E-state index contributed by atoms with van der Waals surface area (Å²) in [5.41, 5.74) is 1.27. The van der Waals surface area contributed by atoms with Crippen LogP contribution in [0.5, 0.6) is 0 Å². The topological polar surface area (TPSA) is 119 Å². The van der Waals surface area contributed by atoms with Crippen molar-refractivity contribution in [2.75, 3.05) is 45.6 Å². The second-order valence-corrected chi connectivity index (χ2v) is 11.6. The predicted octanol–water partition coefficient (Wildman–Crippen LogP) is 2.68. The molecule has 3 fully saturated rings. The third-order valence-corrected chi connectivity index (χ3v) is 8.61. The van der Waals surface area contributed by atoms with Crippen LogP contribution in [0.15, 0.2) is 18.2 Å². The fourth-order valence-electron chi connectivity index (χ4n) is 6.16. The summed E-state index contributed by atoms with van der Waals surface area (Å²) < 4.78 is 0. The van der Waals surface area contributed by atoms with Crippen molar-refractivity contribution >= 4 is 35.6 Å². The van der Waals surface area contributed by atoms with Gasteiger partial charge in [0.05, 0.1) is 5.56 Å². The van der Waals surface area contributed by atoms with Crippen LogP contribution in [0.1, 0.15) is 84.9 Å². The summed E-state index contributed by atoms with van der Waals surface area (Å²) in [6, 6.07) is 4.64. The minimum absolute atomic E-state index is 0.172. The Kier molecular flexibility index (Phi) is 10.3. The van der Waals surface area contributed by atoms with Gasteiger partial charge in [-0.05, 0) is 82.5 Å². The van der Waals surface area contributed by atoms with Gasteiger partial charge < -0.3 is 20.0 Å². The first-order chi connectivity index (χ1) is 19.2. The Bertz CT molecular complexity index is 1090. The zero-order chi connectivity index (χ0) is 28.6. The van der Waals surface area contributed by atoms with Crippen LogP contribution in [0.3, 0.4) is 0 Å². The van der Waals surface area contributed by atoms with Crippen molar-refractivity contribution in [2.24, 2.45) is 5.92 Å². The van der Waals surface area contributed by atoms with Crippen molar-refractivity contribution in [3.05, 3.63) is 29.3 Å². The summed E-state index contributed by atoms with van der Waals surface area (Å²) in [7, 11) is 3.63. The van der Waals surface area contributed by atoms with Crippen LogP contribution in [0, 0.1) is 5.92 Å². The van der Waals surface area contributed by atoms with E-state index < -0.39 is 17.9 Å². The van der Waals surface area contributed by atoms with Crippen molar-refractivity contribution in [1.29, 1.82) is 0 Å². The summed E-state index contributed by atoms with van der Waals surface area (Å²) >= 11 is 0. The van der Waals surface area contributed by atoms with E-state index in [9.17, 15) is 24.0 Å². The van der Waals surface area contributed by atoms with Crippen LogP contribution in [-0.2, 0) is 14.4 Å². The summed E-state index contributed by atoms with van der Waals surface area (Å²) in [4.78, 5) is 66.8. The highest BCUT2D eigenvalue weighted by Crippen LogP contribution is 2.28. The molecule has 2 heterocycles. The molecule has 10 nitrogen and oxygen atoms in total. The first-order valence-corrected chi connectivity index (χ1v) is 14.7. The van der Waals surface area contributed by atoms with E-state index in [0.717, 1.165) is 70.4 Å². The van der Waals surface area contributed by atoms with Crippen molar-refractivity contribution in [3.8, 4) is 0 Å². The number of carbonyl (C=O) groups excluding carboxylic acids is 5. The fourth-order valence-corrected chi connectivity index (χ4v) is 6.16. The van der Waals surface area contributed by atoms with E-state index in [1.54, 1.807) is 12.1 Å². The fraction of sp³-hybridized carbons (Fsp3) is 0.633. The molecule has 4 amide bonds. The van der Waals surface area contributed by atoms with Gasteiger partial charge >= 0.3 is 0 Å². The van der Waals surface area contributed by atoms with Gasteiger partial charge in [0, 0.05) is 63.4 Å². The Labute approximate surface area is 236 Å². The lowest BCUT2D eigenvalue weighted by molar-refractivity contribution is -0.136. The monoisotopic (exact) mass is 553 g/mol. The van der Waals surface area contributed by atoms with E-state index in [1.165, 1.54) is 18.4 Å². The highest BCUT2D eigenvalue weighted by molar-refractivity contribution is 6.06. The number of nitrogens with zero attached hydrogens (tertiary/aromatic N) is 3. The summed E-state index contributed by atoms with van der Waals surface area (Å²) in [5, 5.41) is 5.81. The maximum absolute atomic E-state index is 13.3. The van der Waals surface area contributed by atoms with Crippen LogP contribution < -0.4 is 10.6 Å². The van der Waals surface area contributed by atoms with Crippen molar-refractivity contribution in [1.82, 2.24) is 20.0 Å². The molecule has 10 heteroatoms. The standard InChI is InChI=1S/C30H43N5O5/c1-33(17-14-28(38)35-15-4-3-5-16-35)19-21-6-9-23(10-7-21)31-24-11-8-22(20-36)25(18-24)30(40)34(2)26-12-13-27(37)32-29(26)39/h8,11,18,20-21,23,26,31H,3-7,9-10,12-17,19H2,1-2H3,(H,32,37,39). The lowest BCUT2D eigenvalue weighted by atomic mass is 9.85. The average Bonchev–Trinajstić information content (AvgIpc) is 2.96. The molecule has 1 unspecified atom stereocenters. The average molecular weight is 554 g/mol. The summed E-state index contributed by atoms with van der Waals surface area (Å²) in [5.74, 6) is -0.395. The van der Waals surface area contributed by atoms with Gasteiger partial charge in [0.1, 0.15) is 6.04 Å². The largest absolute Gasteiger partial charge is 0.382 e. The molecule has 218 valence electrons. The SMILES string of the molecule is CN(CCC(=O)N1CCCCC1)CC1CCC(Nc2ccc(C=O)c(C(=O)N(C)C3CCC(=O)NC3=O)c2)CC1. The lowest BCUT2D eigenvalue weighted by Crippen LogP contribution is -2.53. The van der Waals surface area contributed by atoms with Crippen LogP contribution in [0.25, 0.3) is 0 Å². The predicted molar refractivity (Wildman–Crippen MR) is 152 cm³/mol. The Morgan fingerprint density at radius 1 is 1.05 bits per heavy atom. The zero-order valence-corrected chi connectivity index (χ0v) is 23.8. The molecule has 3 aliphatic rings. The molecular formula is C30H43N5O5. The molecule has 1 aliphatic carbocycles. The first-order valence-electron chi connectivity index (χ1n) is 14.7. The Morgan fingerprint density at radius 3 is 2.45 bits per heavy atom. The van der Waals surface area contributed by atoms with Crippen molar-refractivity contribution in [2.45, 2.75) is 76.3 Å². The van der Waals surface area contributed by atoms with Gasteiger partial charge in [-0.1, -0.05) is 0 Å². The van der Waals surface area contributed by atoms with Gasteiger partial charge in [-0.15, -0.1) is 0 Å².